The molecular formula is C20H28N6OS. The van der Waals surface area contributed by atoms with Crippen LogP contribution in [0.1, 0.15) is 44.3 Å². The fourth-order valence-electron chi connectivity index (χ4n) is 3.77. The normalized spacial score (nSPS) is 17.4. The molecule has 0 unspecified atom stereocenters. The molecule has 150 valence electrons. The molecule has 2 fully saturated rings. The van der Waals surface area contributed by atoms with E-state index >= 15 is 0 Å². The summed E-state index contributed by atoms with van der Waals surface area (Å²) in [5.74, 6) is 3.37. The van der Waals surface area contributed by atoms with Gasteiger partial charge in [0.25, 0.3) is 0 Å². The minimum absolute atomic E-state index is 0.497. The van der Waals surface area contributed by atoms with Crippen LogP contribution in [0.5, 0.6) is 0 Å². The molecule has 7 nitrogen and oxygen atoms in total. The van der Waals surface area contributed by atoms with Gasteiger partial charge < -0.3 is 24.9 Å². The highest BCUT2D eigenvalue weighted by molar-refractivity contribution is 7.80. The van der Waals surface area contributed by atoms with E-state index in [0.29, 0.717) is 17.6 Å². The van der Waals surface area contributed by atoms with Crippen LogP contribution in [0.2, 0.25) is 0 Å². The summed E-state index contributed by atoms with van der Waals surface area (Å²) in [6, 6.07) is 5.92. The third-order valence-electron chi connectivity index (χ3n) is 5.29. The van der Waals surface area contributed by atoms with Gasteiger partial charge in [-0.05, 0) is 62.9 Å². The molecule has 0 bridgehead atoms. The molecule has 0 aliphatic carbocycles. The molecule has 0 atom stereocenters. The Kier molecular flexibility index (Phi) is 6.26. The number of piperidine rings is 2. The second-order valence-electron chi connectivity index (χ2n) is 7.39. The first-order valence-corrected chi connectivity index (χ1v) is 10.6. The molecular weight excluding hydrogens is 372 g/mol. The molecule has 4 rings (SSSR count). The van der Waals surface area contributed by atoms with Crippen LogP contribution in [-0.2, 0) is 6.54 Å². The fraction of sp³-hybridized carbons (Fsp3) is 0.550. The second kappa shape index (κ2) is 9.23. The predicted octanol–water partition coefficient (Wildman–Crippen LogP) is 3.54. The van der Waals surface area contributed by atoms with E-state index in [1.807, 2.05) is 12.1 Å². The lowest BCUT2D eigenvalue weighted by atomic mass is 10.1. The van der Waals surface area contributed by atoms with Gasteiger partial charge in [0.2, 0.25) is 5.95 Å². The SMILES string of the molecule is S=C(NCc1ccco1)Nc1nc(N2CCCCC2)cc(N2CCCCC2)n1. The minimum Gasteiger partial charge on any atom is -0.467 e. The first-order chi connectivity index (χ1) is 13.8. The van der Waals surface area contributed by atoms with Crippen molar-refractivity contribution in [1.29, 1.82) is 0 Å². The molecule has 2 aliphatic heterocycles. The number of hydrogen-bond acceptors (Lipinski definition) is 6. The Morgan fingerprint density at radius 2 is 1.57 bits per heavy atom. The molecule has 2 aliphatic rings. The number of anilines is 3. The minimum atomic E-state index is 0.497. The van der Waals surface area contributed by atoms with Gasteiger partial charge in [-0.1, -0.05) is 0 Å². The lowest BCUT2D eigenvalue weighted by molar-refractivity contribution is 0.503. The molecule has 4 heterocycles. The van der Waals surface area contributed by atoms with Crippen molar-refractivity contribution in [2.45, 2.75) is 45.1 Å². The Morgan fingerprint density at radius 3 is 2.11 bits per heavy atom. The molecule has 28 heavy (non-hydrogen) atoms. The van der Waals surface area contributed by atoms with Crippen LogP contribution in [0.3, 0.4) is 0 Å². The Bertz CT molecular complexity index is 733. The van der Waals surface area contributed by atoms with E-state index < -0.39 is 0 Å². The van der Waals surface area contributed by atoms with Crippen molar-refractivity contribution in [2.75, 3.05) is 41.3 Å². The summed E-state index contributed by atoms with van der Waals surface area (Å²) in [7, 11) is 0. The van der Waals surface area contributed by atoms with Crippen LogP contribution in [-0.4, -0.2) is 41.3 Å². The zero-order valence-electron chi connectivity index (χ0n) is 16.2. The average Bonchev–Trinajstić information content (AvgIpc) is 3.27. The smallest absolute Gasteiger partial charge is 0.232 e. The summed E-state index contributed by atoms with van der Waals surface area (Å²) >= 11 is 5.44. The van der Waals surface area contributed by atoms with E-state index in [-0.39, 0.29) is 0 Å². The van der Waals surface area contributed by atoms with Crippen molar-refractivity contribution >= 4 is 34.9 Å². The summed E-state index contributed by atoms with van der Waals surface area (Å²) in [4.78, 5) is 14.3. The van der Waals surface area contributed by atoms with E-state index in [1.54, 1.807) is 6.26 Å². The van der Waals surface area contributed by atoms with Crippen LogP contribution in [0.15, 0.2) is 28.9 Å². The van der Waals surface area contributed by atoms with Gasteiger partial charge in [-0.25, -0.2) is 0 Å². The summed E-state index contributed by atoms with van der Waals surface area (Å²) in [5, 5.41) is 6.81. The van der Waals surface area contributed by atoms with Gasteiger partial charge in [-0.15, -0.1) is 0 Å². The molecule has 2 aromatic heterocycles. The first kappa shape index (κ1) is 19.0. The second-order valence-corrected chi connectivity index (χ2v) is 7.80. The summed E-state index contributed by atoms with van der Waals surface area (Å²) < 4.78 is 5.34. The average molecular weight is 401 g/mol. The van der Waals surface area contributed by atoms with Gasteiger partial charge in [0.05, 0.1) is 12.8 Å². The maximum absolute atomic E-state index is 5.44. The molecule has 0 aromatic carbocycles. The molecule has 2 aromatic rings. The highest BCUT2D eigenvalue weighted by Gasteiger charge is 2.19. The van der Waals surface area contributed by atoms with Crippen LogP contribution in [0.25, 0.3) is 0 Å². The molecule has 2 N–H and O–H groups in total. The van der Waals surface area contributed by atoms with Crippen molar-refractivity contribution < 1.29 is 4.42 Å². The van der Waals surface area contributed by atoms with Crippen LogP contribution in [0.4, 0.5) is 17.6 Å². The summed E-state index contributed by atoms with van der Waals surface area (Å²) in [6.07, 6.45) is 9.12. The zero-order valence-corrected chi connectivity index (χ0v) is 17.0. The molecule has 0 amide bonds. The van der Waals surface area contributed by atoms with Crippen molar-refractivity contribution in [3.8, 4) is 0 Å². The number of hydrogen-bond donors (Lipinski definition) is 2. The highest BCUT2D eigenvalue weighted by atomic mass is 32.1. The monoisotopic (exact) mass is 400 g/mol. The Labute approximate surface area is 171 Å². The number of thiocarbonyl (C=S) groups is 1. The maximum Gasteiger partial charge on any atom is 0.232 e. The number of rotatable bonds is 5. The standard InChI is InChI=1S/C20H28N6OS/c28-20(21-15-16-8-7-13-27-16)24-19-22-17(25-9-3-1-4-10-25)14-18(23-19)26-11-5-2-6-12-26/h7-8,13-14H,1-6,9-12,15H2,(H2,21,22,23,24,28). The van der Waals surface area contributed by atoms with E-state index in [4.69, 9.17) is 26.6 Å². The third-order valence-corrected chi connectivity index (χ3v) is 5.53. The summed E-state index contributed by atoms with van der Waals surface area (Å²) in [5.41, 5.74) is 0. The van der Waals surface area contributed by atoms with Crippen molar-refractivity contribution in [1.82, 2.24) is 15.3 Å². The topological polar surface area (TPSA) is 69.5 Å². The number of nitrogens with zero attached hydrogens (tertiary/aromatic N) is 4. The van der Waals surface area contributed by atoms with Crippen molar-refractivity contribution in [2.24, 2.45) is 0 Å². The van der Waals surface area contributed by atoms with Crippen molar-refractivity contribution in [3.05, 3.63) is 30.2 Å². The van der Waals surface area contributed by atoms with Gasteiger partial charge in [0.1, 0.15) is 17.4 Å². The van der Waals surface area contributed by atoms with Crippen LogP contribution in [0, 0.1) is 0 Å². The molecule has 8 heteroatoms. The van der Waals surface area contributed by atoms with E-state index in [0.717, 1.165) is 43.6 Å². The Hall–Kier alpha value is -2.35. The van der Waals surface area contributed by atoms with Crippen LogP contribution < -0.4 is 20.4 Å². The molecule has 0 saturated carbocycles. The van der Waals surface area contributed by atoms with Crippen LogP contribution >= 0.6 is 12.2 Å². The zero-order chi connectivity index (χ0) is 19.2. The molecule has 2 saturated heterocycles. The lowest BCUT2D eigenvalue weighted by Gasteiger charge is -2.31. The first-order valence-electron chi connectivity index (χ1n) is 10.2. The molecule has 0 spiro atoms. The predicted molar refractivity (Wildman–Crippen MR) is 116 cm³/mol. The van der Waals surface area contributed by atoms with Gasteiger partial charge in [-0.3, -0.25) is 0 Å². The van der Waals surface area contributed by atoms with E-state index in [1.165, 1.54) is 38.5 Å². The lowest BCUT2D eigenvalue weighted by Crippen LogP contribution is -2.34. The highest BCUT2D eigenvalue weighted by Crippen LogP contribution is 2.26. The van der Waals surface area contributed by atoms with E-state index in [9.17, 15) is 0 Å². The number of nitrogens with one attached hydrogen (secondary N) is 2. The van der Waals surface area contributed by atoms with Gasteiger partial charge >= 0.3 is 0 Å². The Balaban J connectivity index is 1.49. The van der Waals surface area contributed by atoms with Crippen molar-refractivity contribution in [3.63, 3.8) is 0 Å². The van der Waals surface area contributed by atoms with Gasteiger partial charge in [-0.2, -0.15) is 9.97 Å². The molecule has 0 radical (unpaired) electrons. The number of furan rings is 1. The van der Waals surface area contributed by atoms with E-state index in [2.05, 4.69) is 26.5 Å². The Morgan fingerprint density at radius 1 is 0.964 bits per heavy atom. The fourth-order valence-corrected chi connectivity index (χ4v) is 3.94. The maximum atomic E-state index is 5.44. The van der Waals surface area contributed by atoms with Gasteiger partial charge in [0, 0.05) is 32.2 Å². The number of aromatic nitrogens is 2. The third kappa shape index (κ3) is 4.92. The largest absolute Gasteiger partial charge is 0.467 e. The summed E-state index contributed by atoms with van der Waals surface area (Å²) in [6.45, 7) is 4.74. The quantitative estimate of drug-likeness (QED) is 0.739. The van der Waals surface area contributed by atoms with Gasteiger partial charge in [0.15, 0.2) is 5.11 Å².